The number of aromatic nitrogens is 1. The number of hydrogen-bond acceptors (Lipinski definition) is 2. The first-order valence-electron chi connectivity index (χ1n) is 21.5. The van der Waals surface area contributed by atoms with Crippen molar-refractivity contribution in [3.8, 4) is 50.2 Å². The highest BCUT2D eigenvalue weighted by Gasteiger charge is 2.23. The third-order valence-corrected chi connectivity index (χ3v) is 12.4. The molecule has 0 spiro atoms. The van der Waals surface area contributed by atoms with Crippen LogP contribution in [0.1, 0.15) is 0 Å². The van der Waals surface area contributed by atoms with Gasteiger partial charge in [0.05, 0.1) is 16.7 Å². The Morgan fingerprint density at radius 1 is 0.302 bits per heavy atom. The zero-order valence-electron chi connectivity index (χ0n) is 34.4. The molecule has 0 saturated carbocycles. The van der Waals surface area contributed by atoms with Crippen molar-refractivity contribution < 1.29 is 4.42 Å². The second kappa shape index (κ2) is 15.3. The molecular weight excluding hydrogens is 765 g/mol. The summed E-state index contributed by atoms with van der Waals surface area (Å²) >= 11 is 0. The first kappa shape index (κ1) is 36.5. The number of para-hydroxylation sites is 4. The van der Waals surface area contributed by atoms with E-state index in [4.69, 9.17) is 4.42 Å². The predicted octanol–water partition coefficient (Wildman–Crippen LogP) is 16.8. The normalized spacial score (nSPS) is 11.5. The number of rotatable bonds is 8. The molecule has 12 aromatic rings. The molecule has 0 atom stereocenters. The number of anilines is 3. The van der Waals surface area contributed by atoms with E-state index in [0.717, 1.165) is 72.4 Å². The van der Waals surface area contributed by atoms with Gasteiger partial charge in [0, 0.05) is 49.7 Å². The van der Waals surface area contributed by atoms with Crippen molar-refractivity contribution in [1.82, 2.24) is 4.57 Å². The van der Waals surface area contributed by atoms with Gasteiger partial charge in [0.1, 0.15) is 11.2 Å². The van der Waals surface area contributed by atoms with E-state index in [0.29, 0.717) is 0 Å². The van der Waals surface area contributed by atoms with Crippen LogP contribution in [-0.4, -0.2) is 4.57 Å². The number of furan rings is 1. The first-order chi connectivity index (χ1) is 31.2. The molecule has 0 fully saturated rings. The van der Waals surface area contributed by atoms with E-state index in [1.54, 1.807) is 0 Å². The van der Waals surface area contributed by atoms with Gasteiger partial charge in [-0.2, -0.15) is 0 Å². The van der Waals surface area contributed by atoms with Crippen LogP contribution in [0.3, 0.4) is 0 Å². The number of hydrogen-bond donors (Lipinski definition) is 0. The standard InChI is InChI=1S/C60H40N2O/c1-3-15-41(16-4-1)43-27-29-44(30-28-43)46-33-37-48(38-34-46)61(47-35-31-45(32-36-47)42-17-5-2-6-18-42)49-39-54(60-55(40-49)53-22-10-14-26-59(53)63-60)52-21-9-13-25-58(52)62-56-23-11-7-19-50(56)51-20-8-12-24-57(51)62/h1-40H. The van der Waals surface area contributed by atoms with Gasteiger partial charge in [-0.15, -0.1) is 0 Å². The molecule has 2 heterocycles. The van der Waals surface area contributed by atoms with Gasteiger partial charge in [0.15, 0.2) is 0 Å². The van der Waals surface area contributed by atoms with Gasteiger partial charge in [0.2, 0.25) is 0 Å². The molecule has 10 aromatic carbocycles. The fraction of sp³-hybridized carbons (Fsp3) is 0. The van der Waals surface area contributed by atoms with E-state index in [1.165, 1.54) is 38.6 Å². The van der Waals surface area contributed by atoms with Crippen molar-refractivity contribution in [3.63, 3.8) is 0 Å². The molecular formula is C60H40N2O. The fourth-order valence-electron chi connectivity index (χ4n) is 9.39. The topological polar surface area (TPSA) is 21.3 Å². The van der Waals surface area contributed by atoms with Crippen LogP contribution in [0.4, 0.5) is 17.1 Å². The second-order valence-electron chi connectivity index (χ2n) is 16.1. The van der Waals surface area contributed by atoms with Gasteiger partial charge in [-0.1, -0.05) is 182 Å². The third kappa shape index (κ3) is 6.38. The number of benzene rings is 10. The Morgan fingerprint density at radius 2 is 0.730 bits per heavy atom. The Balaban J connectivity index is 1.05. The lowest BCUT2D eigenvalue weighted by molar-refractivity contribution is 0.670. The summed E-state index contributed by atoms with van der Waals surface area (Å²) in [4.78, 5) is 2.38. The molecule has 296 valence electrons. The molecule has 0 amide bonds. The van der Waals surface area contributed by atoms with Crippen LogP contribution in [-0.2, 0) is 0 Å². The molecule has 2 aromatic heterocycles. The van der Waals surface area contributed by atoms with Crippen LogP contribution in [0.2, 0.25) is 0 Å². The van der Waals surface area contributed by atoms with Crippen molar-refractivity contribution >= 4 is 60.8 Å². The van der Waals surface area contributed by atoms with Gasteiger partial charge in [-0.25, -0.2) is 0 Å². The average molecular weight is 805 g/mol. The zero-order chi connectivity index (χ0) is 41.7. The van der Waals surface area contributed by atoms with Gasteiger partial charge in [-0.05, 0) is 94.0 Å². The predicted molar refractivity (Wildman–Crippen MR) is 264 cm³/mol. The van der Waals surface area contributed by atoms with Crippen molar-refractivity contribution in [2.45, 2.75) is 0 Å². The summed E-state index contributed by atoms with van der Waals surface area (Å²) in [7, 11) is 0. The Morgan fingerprint density at radius 3 is 1.29 bits per heavy atom. The second-order valence-corrected chi connectivity index (χ2v) is 16.1. The van der Waals surface area contributed by atoms with Gasteiger partial charge < -0.3 is 13.9 Å². The van der Waals surface area contributed by atoms with Crippen LogP contribution in [0.25, 0.3) is 93.9 Å². The average Bonchev–Trinajstić information content (AvgIpc) is 3.91. The maximum absolute atomic E-state index is 6.87. The van der Waals surface area contributed by atoms with E-state index in [2.05, 4.69) is 252 Å². The molecule has 0 aliphatic carbocycles. The summed E-state index contributed by atoms with van der Waals surface area (Å²) in [6.07, 6.45) is 0. The Bertz CT molecular complexity index is 3530. The number of fused-ring (bicyclic) bond motifs is 6. The lowest BCUT2D eigenvalue weighted by atomic mass is 9.98. The summed E-state index contributed by atoms with van der Waals surface area (Å²) < 4.78 is 9.28. The Hall–Kier alpha value is -8.40. The van der Waals surface area contributed by atoms with Crippen LogP contribution >= 0.6 is 0 Å². The lowest BCUT2D eigenvalue weighted by Crippen LogP contribution is -2.10. The quantitative estimate of drug-likeness (QED) is 0.153. The molecule has 0 aliphatic rings. The Kier molecular flexibility index (Phi) is 8.83. The van der Waals surface area contributed by atoms with Gasteiger partial charge in [-0.3, -0.25) is 0 Å². The van der Waals surface area contributed by atoms with Crippen molar-refractivity contribution in [1.29, 1.82) is 0 Å². The highest BCUT2D eigenvalue weighted by atomic mass is 16.3. The summed E-state index contributed by atoms with van der Waals surface area (Å²) in [5.74, 6) is 0. The van der Waals surface area contributed by atoms with E-state index in [-0.39, 0.29) is 0 Å². The molecule has 0 bridgehead atoms. The zero-order valence-corrected chi connectivity index (χ0v) is 34.4. The molecule has 0 N–H and O–H groups in total. The SMILES string of the molecule is c1ccc(-c2ccc(-c3ccc(N(c4ccc(-c5ccccc5)cc4)c4cc(-c5ccccc5-n5c6ccccc6c6ccccc65)c5oc6ccccc6c5c4)cc3)cc2)cc1. The molecule has 0 unspecified atom stereocenters. The summed E-state index contributed by atoms with van der Waals surface area (Å²) in [6, 6.07) is 87.0. The van der Waals surface area contributed by atoms with E-state index in [9.17, 15) is 0 Å². The maximum Gasteiger partial charge on any atom is 0.143 e. The van der Waals surface area contributed by atoms with Crippen LogP contribution in [0.5, 0.6) is 0 Å². The van der Waals surface area contributed by atoms with E-state index in [1.807, 2.05) is 0 Å². The van der Waals surface area contributed by atoms with Crippen molar-refractivity contribution in [2.24, 2.45) is 0 Å². The minimum atomic E-state index is 0.863. The molecule has 0 aliphatic heterocycles. The summed E-state index contributed by atoms with van der Waals surface area (Å²) in [5.41, 5.74) is 17.5. The first-order valence-corrected chi connectivity index (χ1v) is 21.5. The van der Waals surface area contributed by atoms with Crippen LogP contribution < -0.4 is 4.90 Å². The smallest absolute Gasteiger partial charge is 0.143 e. The summed E-state index contributed by atoms with van der Waals surface area (Å²) in [6.45, 7) is 0. The van der Waals surface area contributed by atoms with Gasteiger partial charge in [0.25, 0.3) is 0 Å². The fourth-order valence-corrected chi connectivity index (χ4v) is 9.39. The lowest BCUT2D eigenvalue weighted by Gasteiger charge is -2.27. The number of nitrogens with zero attached hydrogens (tertiary/aromatic N) is 2. The Labute approximate surface area is 366 Å². The third-order valence-electron chi connectivity index (χ3n) is 12.4. The molecule has 3 nitrogen and oxygen atoms in total. The molecule has 3 heteroatoms. The minimum Gasteiger partial charge on any atom is -0.455 e. The van der Waals surface area contributed by atoms with E-state index >= 15 is 0 Å². The van der Waals surface area contributed by atoms with Crippen molar-refractivity contribution in [3.05, 3.63) is 243 Å². The van der Waals surface area contributed by atoms with E-state index < -0.39 is 0 Å². The van der Waals surface area contributed by atoms with Crippen molar-refractivity contribution in [2.75, 3.05) is 4.90 Å². The highest BCUT2D eigenvalue weighted by molar-refractivity contribution is 6.14. The molecule has 12 rings (SSSR count). The van der Waals surface area contributed by atoms with Gasteiger partial charge >= 0.3 is 0 Å². The monoisotopic (exact) mass is 804 g/mol. The molecule has 0 radical (unpaired) electrons. The molecule has 0 saturated heterocycles. The molecule has 63 heavy (non-hydrogen) atoms. The maximum atomic E-state index is 6.87. The summed E-state index contributed by atoms with van der Waals surface area (Å²) in [5, 5.41) is 4.60. The highest BCUT2D eigenvalue weighted by Crippen LogP contribution is 2.46. The minimum absolute atomic E-state index is 0.863. The van der Waals surface area contributed by atoms with Crippen LogP contribution in [0, 0.1) is 0 Å². The largest absolute Gasteiger partial charge is 0.455 e. The van der Waals surface area contributed by atoms with Crippen LogP contribution in [0.15, 0.2) is 247 Å².